The Morgan fingerprint density at radius 2 is 2.00 bits per heavy atom. The predicted octanol–water partition coefficient (Wildman–Crippen LogP) is 2.63. The van der Waals surface area contributed by atoms with Gasteiger partial charge in [0.25, 0.3) is 0 Å². The van der Waals surface area contributed by atoms with Crippen molar-refractivity contribution in [3.8, 4) is 0 Å². The highest BCUT2D eigenvalue weighted by Gasteiger charge is 2.31. The molecule has 8 heteroatoms. The van der Waals surface area contributed by atoms with E-state index in [-0.39, 0.29) is 30.1 Å². The zero-order valence-electron chi connectivity index (χ0n) is 14.1. The quantitative estimate of drug-likeness (QED) is 0.844. The first-order chi connectivity index (χ1) is 12.6. The SMILES string of the molecule is O=C(CN1CCc2nc(NC(=O)C3CC3)sc2C1)Nc1ccc(F)cc1. The molecule has 1 saturated carbocycles. The fraction of sp³-hybridized carbons (Fsp3) is 0.389. The lowest BCUT2D eigenvalue weighted by Crippen LogP contribution is -2.36. The van der Waals surface area contributed by atoms with Crippen LogP contribution in [0.5, 0.6) is 0 Å². The molecule has 0 unspecified atom stereocenters. The van der Waals surface area contributed by atoms with Gasteiger partial charge in [0.15, 0.2) is 5.13 Å². The van der Waals surface area contributed by atoms with Crippen LogP contribution in [0.15, 0.2) is 24.3 Å². The van der Waals surface area contributed by atoms with Gasteiger partial charge in [0.2, 0.25) is 11.8 Å². The minimum atomic E-state index is -0.332. The van der Waals surface area contributed by atoms with Crippen molar-refractivity contribution in [3.05, 3.63) is 40.7 Å². The molecule has 26 heavy (non-hydrogen) atoms. The fourth-order valence-corrected chi connectivity index (χ4v) is 3.98. The van der Waals surface area contributed by atoms with Gasteiger partial charge in [0, 0.05) is 36.0 Å². The number of amides is 2. The van der Waals surface area contributed by atoms with Gasteiger partial charge in [0.05, 0.1) is 12.2 Å². The smallest absolute Gasteiger partial charge is 0.238 e. The van der Waals surface area contributed by atoms with Crippen molar-refractivity contribution in [1.82, 2.24) is 9.88 Å². The lowest BCUT2D eigenvalue weighted by molar-refractivity contribution is -0.118. The fourth-order valence-electron chi connectivity index (χ4n) is 2.93. The van der Waals surface area contributed by atoms with Crippen LogP contribution in [0.25, 0.3) is 0 Å². The molecule has 136 valence electrons. The molecular weight excluding hydrogens is 355 g/mol. The summed E-state index contributed by atoms with van der Waals surface area (Å²) in [5, 5.41) is 6.33. The Bertz CT molecular complexity index is 832. The molecule has 4 rings (SSSR count). The summed E-state index contributed by atoms with van der Waals surface area (Å²) in [6.45, 7) is 1.64. The van der Waals surface area contributed by atoms with Gasteiger partial charge in [0.1, 0.15) is 5.82 Å². The average molecular weight is 374 g/mol. The molecule has 0 spiro atoms. The number of hydrogen-bond acceptors (Lipinski definition) is 5. The first-order valence-electron chi connectivity index (χ1n) is 8.64. The van der Waals surface area contributed by atoms with Crippen molar-refractivity contribution in [2.45, 2.75) is 25.8 Å². The van der Waals surface area contributed by atoms with E-state index in [0.29, 0.717) is 17.4 Å². The summed E-state index contributed by atoms with van der Waals surface area (Å²) in [6, 6.07) is 5.72. The van der Waals surface area contributed by atoms with Crippen LogP contribution in [0.3, 0.4) is 0 Å². The maximum absolute atomic E-state index is 12.9. The second kappa shape index (κ2) is 7.13. The molecule has 0 radical (unpaired) electrons. The number of thiazole rings is 1. The van der Waals surface area contributed by atoms with Crippen molar-refractivity contribution in [2.24, 2.45) is 5.92 Å². The third-order valence-electron chi connectivity index (χ3n) is 4.48. The Labute approximate surface area is 154 Å². The van der Waals surface area contributed by atoms with Crippen molar-refractivity contribution in [1.29, 1.82) is 0 Å². The number of carbonyl (C=O) groups is 2. The van der Waals surface area contributed by atoms with E-state index in [1.165, 1.54) is 23.5 Å². The van der Waals surface area contributed by atoms with Gasteiger partial charge < -0.3 is 10.6 Å². The highest BCUT2D eigenvalue weighted by atomic mass is 32.1. The number of benzene rings is 1. The van der Waals surface area contributed by atoms with Gasteiger partial charge in [-0.2, -0.15) is 0 Å². The molecule has 1 aromatic carbocycles. The Morgan fingerprint density at radius 3 is 2.73 bits per heavy atom. The van der Waals surface area contributed by atoms with Gasteiger partial charge in [-0.25, -0.2) is 9.37 Å². The lowest BCUT2D eigenvalue weighted by atomic mass is 10.2. The van der Waals surface area contributed by atoms with Gasteiger partial charge >= 0.3 is 0 Å². The molecule has 0 bridgehead atoms. The second-order valence-corrected chi connectivity index (χ2v) is 7.75. The van der Waals surface area contributed by atoms with Crippen LogP contribution in [-0.2, 0) is 22.6 Å². The van der Waals surface area contributed by atoms with Crippen molar-refractivity contribution >= 4 is 34.0 Å². The lowest BCUT2D eigenvalue weighted by Gasteiger charge is -2.25. The van der Waals surface area contributed by atoms with Crippen molar-refractivity contribution in [2.75, 3.05) is 23.7 Å². The normalized spacial score (nSPS) is 16.8. The first kappa shape index (κ1) is 17.1. The standard InChI is InChI=1S/C18H19FN4O2S/c19-12-3-5-13(6-4-12)20-16(24)10-23-8-7-14-15(9-23)26-18(21-14)22-17(25)11-1-2-11/h3-6,11H,1-2,7-10H2,(H,20,24)(H,21,22,25). The summed E-state index contributed by atoms with van der Waals surface area (Å²) in [5.41, 5.74) is 1.59. The molecule has 0 atom stereocenters. The molecule has 1 aliphatic carbocycles. The zero-order chi connectivity index (χ0) is 18.1. The molecule has 1 aliphatic heterocycles. The topological polar surface area (TPSA) is 74.3 Å². The number of fused-ring (bicyclic) bond motifs is 1. The van der Waals surface area contributed by atoms with Gasteiger partial charge in [-0.1, -0.05) is 0 Å². The maximum atomic E-state index is 12.9. The highest BCUT2D eigenvalue weighted by Crippen LogP contribution is 2.32. The van der Waals surface area contributed by atoms with Crippen LogP contribution in [0.2, 0.25) is 0 Å². The van der Waals surface area contributed by atoms with Crippen LogP contribution < -0.4 is 10.6 Å². The van der Waals surface area contributed by atoms with Crippen LogP contribution >= 0.6 is 11.3 Å². The summed E-state index contributed by atoms with van der Waals surface area (Å²) >= 11 is 1.49. The van der Waals surface area contributed by atoms with Gasteiger partial charge in [-0.3, -0.25) is 14.5 Å². The Kier molecular flexibility index (Phi) is 4.69. The van der Waals surface area contributed by atoms with Gasteiger partial charge in [-0.15, -0.1) is 11.3 Å². The summed E-state index contributed by atoms with van der Waals surface area (Å²) in [7, 11) is 0. The highest BCUT2D eigenvalue weighted by molar-refractivity contribution is 7.15. The molecule has 2 aromatic rings. The zero-order valence-corrected chi connectivity index (χ0v) is 14.9. The van der Waals surface area contributed by atoms with Crippen LogP contribution in [-0.4, -0.2) is 34.8 Å². The number of halogens is 1. The minimum Gasteiger partial charge on any atom is -0.325 e. The Morgan fingerprint density at radius 1 is 1.23 bits per heavy atom. The molecular formula is C18H19FN4O2S. The summed E-state index contributed by atoms with van der Waals surface area (Å²) in [5.74, 6) is -0.248. The first-order valence-corrected chi connectivity index (χ1v) is 9.46. The van der Waals surface area contributed by atoms with E-state index in [2.05, 4.69) is 15.6 Å². The van der Waals surface area contributed by atoms with E-state index in [1.807, 2.05) is 4.90 Å². The molecule has 6 nitrogen and oxygen atoms in total. The second-order valence-electron chi connectivity index (χ2n) is 6.67. The third kappa shape index (κ3) is 4.08. The largest absolute Gasteiger partial charge is 0.325 e. The molecule has 1 fully saturated rings. The number of nitrogens with zero attached hydrogens (tertiary/aromatic N) is 2. The molecule has 2 heterocycles. The van der Waals surface area contributed by atoms with E-state index in [9.17, 15) is 14.0 Å². The van der Waals surface area contributed by atoms with E-state index in [4.69, 9.17) is 0 Å². The van der Waals surface area contributed by atoms with Crippen LogP contribution in [0.4, 0.5) is 15.2 Å². The average Bonchev–Trinajstić information content (AvgIpc) is 3.38. The van der Waals surface area contributed by atoms with E-state index in [1.54, 1.807) is 12.1 Å². The molecule has 1 aromatic heterocycles. The molecule has 2 aliphatic rings. The third-order valence-corrected chi connectivity index (χ3v) is 5.48. The Balaban J connectivity index is 1.32. The minimum absolute atomic E-state index is 0.0617. The monoisotopic (exact) mass is 374 g/mol. The number of aromatic nitrogens is 1. The van der Waals surface area contributed by atoms with Crippen molar-refractivity contribution < 1.29 is 14.0 Å². The summed E-state index contributed by atoms with van der Waals surface area (Å²) < 4.78 is 12.9. The summed E-state index contributed by atoms with van der Waals surface area (Å²) in [6.07, 6.45) is 2.69. The molecule has 0 saturated heterocycles. The number of nitrogens with one attached hydrogen (secondary N) is 2. The van der Waals surface area contributed by atoms with E-state index >= 15 is 0 Å². The number of rotatable bonds is 5. The van der Waals surface area contributed by atoms with E-state index in [0.717, 1.165) is 36.4 Å². The number of carbonyl (C=O) groups excluding carboxylic acids is 2. The van der Waals surface area contributed by atoms with Gasteiger partial charge in [-0.05, 0) is 37.1 Å². The van der Waals surface area contributed by atoms with E-state index < -0.39 is 0 Å². The predicted molar refractivity (Wildman–Crippen MR) is 97.5 cm³/mol. The number of anilines is 2. The maximum Gasteiger partial charge on any atom is 0.238 e. The van der Waals surface area contributed by atoms with Crippen LogP contribution in [0.1, 0.15) is 23.4 Å². The van der Waals surface area contributed by atoms with Crippen LogP contribution in [0, 0.1) is 11.7 Å². The summed E-state index contributed by atoms with van der Waals surface area (Å²) in [4.78, 5) is 31.7. The molecule has 2 amide bonds. The van der Waals surface area contributed by atoms with Crippen molar-refractivity contribution in [3.63, 3.8) is 0 Å². The number of hydrogen-bond donors (Lipinski definition) is 2. The Hall–Kier alpha value is -2.32. The molecule has 2 N–H and O–H groups in total.